The van der Waals surface area contributed by atoms with Crippen LogP contribution in [-0.2, 0) is 11.2 Å². The van der Waals surface area contributed by atoms with Crippen LogP contribution < -0.4 is 36.2 Å². The van der Waals surface area contributed by atoms with E-state index >= 15 is 0 Å². The molecule has 0 atom stereocenters. The Labute approximate surface area is 450 Å². The van der Waals surface area contributed by atoms with Crippen LogP contribution in [0.4, 0.5) is 32.2 Å². The predicted octanol–water partition coefficient (Wildman–Crippen LogP) is 14.1. The van der Waals surface area contributed by atoms with Gasteiger partial charge in [-0.05, 0) is 97.1 Å². The molecule has 0 spiro atoms. The largest absolute Gasteiger partial charge is 0.457 e. The van der Waals surface area contributed by atoms with Gasteiger partial charge < -0.3 is 9.47 Å². The van der Waals surface area contributed by atoms with E-state index in [9.17, 15) is 31.1 Å². The Bertz CT molecular complexity index is 3350. The van der Waals surface area contributed by atoms with Gasteiger partial charge in [0.2, 0.25) is 5.91 Å². The van der Waals surface area contributed by atoms with Crippen molar-refractivity contribution < 1.29 is 40.6 Å². The molecular formula is C57H44BCl2F6N7O3P. The number of carbonyl (C=O) groups is 1. The standard InChI is InChI=1S/C20H14F3N3O.C19H15F3N4O2.C18H15Cl2P.B/c21-20(22,23)12-19-24-13-15-8-11-18(25-26(15)19)14-6-9-17(10-7-14)27-16-4-2-1-3-5-16;20-19(21,22)12-18(27)26-25-17-11-10-16(23-24-17)13-6-8-15(9-7-13)28-14-4-2-1-3-5-14;19-21(20,16-10-4-1-5-11-16,17-12-6-2-7-13-17)18-14-8-3-9-15-18;/h1-11,13H,12H2;1-11H,12H2,(H,24,25)(H,26,27);1-15H;. The number of alkyl halides is 6. The van der Waals surface area contributed by atoms with E-state index < -0.39 is 36.4 Å². The van der Waals surface area contributed by atoms with Crippen LogP contribution in [0.15, 0.2) is 231 Å². The summed E-state index contributed by atoms with van der Waals surface area (Å²) in [6.45, 7) is 0. The number of ether oxygens (including phenoxy) is 2. The van der Waals surface area contributed by atoms with Gasteiger partial charge in [-0.15, -0.1) is 10.2 Å². The van der Waals surface area contributed by atoms with Crippen LogP contribution in [0.25, 0.3) is 28.0 Å². The number of imidazole rings is 1. The van der Waals surface area contributed by atoms with E-state index in [1.165, 1.54) is 16.8 Å². The number of nitrogens with zero attached hydrogens (tertiary/aromatic N) is 5. The Hall–Kier alpha value is -8.24. The molecular weight excluding hydrogens is 1060 g/mol. The molecule has 0 aliphatic heterocycles. The first-order valence-electron chi connectivity index (χ1n) is 23.1. The van der Waals surface area contributed by atoms with Crippen molar-refractivity contribution in [2.75, 3.05) is 5.43 Å². The van der Waals surface area contributed by atoms with Gasteiger partial charge in [0.15, 0.2) is 5.82 Å². The van der Waals surface area contributed by atoms with E-state index in [1.807, 2.05) is 169 Å². The van der Waals surface area contributed by atoms with Crippen LogP contribution in [0, 0.1) is 0 Å². The minimum absolute atomic E-state index is 0. The van der Waals surface area contributed by atoms with Crippen molar-refractivity contribution in [1.29, 1.82) is 0 Å². The summed E-state index contributed by atoms with van der Waals surface area (Å²) in [5, 5.41) is 11.6. The van der Waals surface area contributed by atoms with E-state index in [-0.39, 0.29) is 20.1 Å². The fraction of sp³-hybridized carbons (Fsp3) is 0.0702. The zero-order valence-corrected chi connectivity index (χ0v) is 42.8. The number of hydrogen-bond donors (Lipinski definition) is 2. The smallest absolute Gasteiger partial charge is 0.397 e. The topological polar surface area (TPSA) is 116 Å². The second kappa shape index (κ2) is 25.1. The van der Waals surface area contributed by atoms with Gasteiger partial charge in [0.25, 0.3) is 0 Å². The Morgan fingerprint density at radius 3 is 1.34 bits per heavy atom. The maximum Gasteiger partial charge on any atom is 0.397 e. The van der Waals surface area contributed by atoms with Gasteiger partial charge in [-0.25, -0.2) is 9.50 Å². The van der Waals surface area contributed by atoms with E-state index in [0.29, 0.717) is 28.4 Å². The average Bonchev–Trinajstić information content (AvgIpc) is 3.89. The van der Waals surface area contributed by atoms with Crippen molar-refractivity contribution in [2.24, 2.45) is 0 Å². The normalized spacial score (nSPS) is 11.7. The summed E-state index contributed by atoms with van der Waals surface area (Å²) in [4.78, 5) is 15.0. The molecule has 3 heterocycles. The third-order valence-electron chi connectivity index (χ3n) is 11.1. The number of hydrazine groups is 1. The van der Waals surface area contributed by atoms with Gasteiger partial charge >= 0.3 is 147 Å². The fourth-order valence-electron chi connectivity index (χ4n) is 7.45. The van der Waals surface area contributed by atoms with Gasteiger partial charge in [-0.1, -0.05) is 36.4 Å². The molecule has 3 aromatic heterocycles. The summed E-state index contributed by atoms with van der Waals surface area (Å²) in [7, 11) is 0. The summed E-state index contributed by atoms with van der Waals surface area (Å²) >= 11 is 14.5. The summed E-state index contributed by atoms with van der Waals surface area (Å²) in [5.74, 6) is 1.53. The van der Waals surface area contributed by atoms with E-state index in [2.05, 4.69) is 25.7 Å². The molecule has 0 aliphatic rings. The van der Waals surface area contributed by atoms with Gasteiger partial charge in [0, 0.05) is 19.5 Å². The number of aromatic nitrogens is 5. The number of fused-ring (bicyclic) bond motifs is 1. The molecule has 7 aromatic carbocycles. The third-order valence-corrected chi connectivity index (χ3v) is 18.2. The van der Waals surface area contributed by atoms with Gasteiger partial charge in [0.1, 0.15) is 41.7 Å². The molecule has 77 heavy (non-hydrogen) atoms. The quantitative estimate of drug-likeness (QED) is 0.0508. The molecule has 10 rings (SSSR count). The zero-order valence-electron chi connectivity index (χ0n) is 40.4. The third kappa shape index (κ3) is 15.2. The van der Waals surface area contributed by atoms with Gasteiger partial charge in [-0.2, -0.15) is 31.4 Å². The number of para-hydroxylation sites is 2. The first-order chi connectivity index (χ1) is 36.5. The Morgan fingerprint density at radius 1 is 0.506 bits per heavy atom. The number of anilines is 1. The average molecular weight is 1100 g/mol. The van der Waals surface area contributed by atoms with Crippen molar-refractivity contribution in [3.63, 3.8) is 0 Å². The fourth-order valence-corrected chi connectivity index (χ4v) is 12.5. The Morgan fingerprint density at radius 2 is 0.922 bits per heavy atom. The summed E-state index contributed by atoms with van der Waals surface area (Å²) in [6.07, 6.45) is -10.2. The molecule has 10 aromatic rings. The maximum absolute atomic E-state index is 12.7. The van der Waals surface area contributed by atoms with Crippen molar-refractivity contribution in [1.82, 2.24) is 30.2 Å². The van der Waals surface area contributed by atoms with Crippen molar-refractivity contribution in [3.8, 4) is 45.5 Å². The molecule has 1 amide bonds. The number of nitrogens with one attached hydrogen (secondary N) is 2. The van der Waals surface area contributed by atoms with Gasteiger partial charge in [-0.3, -0.25) is 15.6 Å². The van der Waals surface area contributed by atoms with Crippen LogP contribution in [-0.4, -0.2) is 51.5 Å². The number of rotatable bonds is 13. The molecule has 10 nitrogen and oxygen atoms in total. The zero-order chi connectivity index (χ0) is 53.6. The summed E-state index contributed by atoms with van der Waals surface area (Å²) < 4.78 is 87.1. The van der Waals surface area contributed by atoms with Crippen LogP contribution in [0.5, 0.6) is 23.0 Å². The Kier molecular flexibility index (Phi) is 18.4. The summed E-state index contributed by atoms with van der Waals surface area (Å²) in [6, 6.07) is 69.5. The number of amides is 1. The van der Waals surface area contributed by atoms with Crippen LogP contribution >= 0.6 is 27.8 Å². The minimum atomic E-state index is -4.57. The molecule has 389 valence electrons. The number of carbonyl (C=O) groups excluding carboxylic acids is 1. The molecule has 0 fully saturated rings. The molecule has 0 unspecified atom stereocenters. The summed E-state index contributed by atoms with van der Waals surface area (Å²) in [5.41, 5.74) is 7.37. The number of halogens is 8. The SMILES string of the molecule is ClP(Cl)(c1ccccc1)(c1ccccc1)c1ccccc1.FC(F)(F)Cc1ncc2ccc(-c3ccc(Oc4ccccc4)cc3)nn12.O=C(CC(F)(F)F)NNc1ccc(-c2ccc(Oc3ccccc3)cc2)nn1.[B]. The van der Waals surface area contributed by atoms with Crippen LogP contribution in [0.2, 0.25) is 0 Å². The van der Waals surface area contributed by atoms with Crippen LogP contribution in [0.3, 0.4) is 0 Å². The number of hydrogen-bond acceptors (Lipinski definition) is 8. The van der Waals surface area contributed by atoms with E-state index in [1.54, 1.807) is 54.6 Å². The van der Waals surface area contributed by atoms with E-state index in [0.717, 1.165) is 38.5 Å². The minimum Gasteiger partial charge on any atom is -0.457 e. The molecule has 2 N–H and O–H groups in total. The second-order valence-corrected chi connectivity index (χ2v) is 24.5. The molecule has 3 radical (unpaired) electrons. The molecule has 0 saturated carbocycles. The molecule has 0 aliphatic carbocycles. The Balaban J connectivity index is 0.000000168. The van der Waals surface area contributed by atoms with Crippen molar-refractivity contribution in [2.45, 2.75) is 25.2 Å². The monoisotopic (exact) mass is 1100 g/mol. The van der Waals surface area contributed by atoms with Crippen molar-refractivity contribution in [3.05, 3.63) is 236 Å². The van der Waals surface area contributed by atoms with Gasteiger partial charge in [0.05, 0.1) is 23.1 Å². The first-order valence-corrected chi connectivity index (χ1v) is 27.2. The van der Waals surface area contributed by atoms with Crippen molar-refractivity contribution >= 4 is 69.4 Å². The number of benzene rings is 7. The van der Waals surface area contributed by atoms with Crippen LogP contribution in [0.1, 0.15) is 12.2 Å². The molecule has 0 bridgehead atoms. The second-order valence-electron chi connectivity index (χ2n) is 16.6. The molecule has 0 saturated heterocycles. The maximum atomic E-state index is 12.7. The first kappa shape index (κ1) is 56.5. The predicted molar refractivity (Wildman–Crippen MR) is 294 cm³/mol. The van der Waals surface area contributed by atoms with E-state index in [4.69, 9.17) is 32.0 Å². The molecule has 20 heteroatoms.